The Balaban J connectivity index is 1.42. The lowest BCUT2D eigenvalue weighted by atomic mass is 9.74. The van der Waals surface area contributed by atoms with Gasteiger partial charge in [-0.2, -0.15) is 0 Å². The van der Waals surface area contributed by atoms with Crippen LogP contribution in [0, 0.1) is 5.41 Å². The molecule has 6 nitrogen and oxygen atoms in total. The lowest BCUT2D eigenvalue weighted by molar-refractivity contribution is -0.136. The molecule has 1 N–H and O–H groups in total. The number of rotatable bonds is 9. The van der Waals surface area contributed by atoms with Gasteiger partial charge in [-0.05, 0) is 49.4 Å². The van der Waals surface area contributed by atoms with Crippen LogP contribution in [-0.2, 0) is 20.7 Å². The van der Waals surface area contributed by atoms with Crippen LogP contribution in [0.25, 0.3) is 11.1 Å². The van der Waals surface area contributed by atoms with Gasteiger partial charge < -0.3 is 19.5 Å². The lowest BCUT2D eigenvalue weighted by Crippen LogP contribution is -2.47. The van der Waals surface area contributed by atoms with E-state index in [1.807, 2.05) is 18.2 Å². The molecule has 6 heteroatoms. The Morgan fingerprint density at radius 3 is 2.58 bits per heavy atom. The third kappa shape index (κ3) is 6.14. The SMILES string of the molecule is COc1ccccc1-c1cccc(CC2(C(=O)NCCCN3CCOCC3)CCOCC2)c1. The first-order valence-electron chi connectivity index (χ1n) is 12.1. The molecule has 1 amide bonds. The fourth-order valence-electron chi connectivity index (χ4n) is 4.89. The van der Waals surface area contributed by atoms with Crippen molar-refractivity contribution >= 4 is 5.91 Å². The van der Waals surface area contributed by atoms with E-state index in [9.17, 15) is 4.79 Å². The number of ether oxygens (including phenoxy) is 3. The summed E-state index contributed by atoms with van der Waals surface area (Å²) in [5.41, 5.74) is 2.92. The Bertz CT molecular complexity index is 904. The summed E-state index contributed by atoms with van der Waals surface area (Å²) in [7, 11) is 1.70. The van der Waals surface area contributed by atoms with Crippen LogP contribution in [0.3, 0.4) is 0 Å². The van der Waals surface area contributed by atoms with Crippen molar-refractivity contribution in [2.45, 2.75) is 25.7 Å². The summed E-state index contributed by atoms with van der Waals surface area (Å²) in [6.45, 7) is 6.56. The van der Waals surface area contributed by atoms with Crippen molar-refractivity contribution in [3.05, 3.63) is 54.1 Å². The number of hydrogen-bond acceptors (Lipinski definition) is 5. The zero-order valence-electron chi connectivity index (χ0n) is 19.7. The van der Waals surface area contributed by atoms with E-state index in [1.165, 1.54) is 5.56 Å². The minimum atomic E-state index is -0.420. The van der Waals surface area contributed by atoms with Crippen molar-refractivity contribution in [1.29, 1.82) is 0 Å². The van der Waals surface area contributed by atoms with Crippen molar-refractivity contribution in [1.82, 2.24) is 10.2 Å². The van der Waals surface area contributed by atoms with Gasteiger partial charge in [0.15, 0.2) is 0 Å². The number of benzene rings is 2. The Morgan fingerprint density at radius 1 is 1.03 bits per heavy atom. The molecule has 2 saturated heterocycles. The summed E-state index contributed by atoms with van der Waals surface area (Å²) in [5, 5.41) is 3.25. The fraction of sp³-hybridized carbons (Fsp3) is 0.519. The molecular formula is C27H36N2O4. The van der Waals surface area contributed by atoms with Crippen LogP contribution in [0.15, 0.2) is 48.5 Å². The molecule has 2 aromatic rings. The van der Waals surface area contributed by atoms with Crippen molar-refractivity contribution < 1.29 is 19.0 Å². The summed E-state index contributed by atoms with van der Waals surface area (Å²) < 4.78 is 16.6. The second-order valence-electron chi connectivity index (χ2n) is 9.03. The molecule has 0 saturated carbocycles. The molecule has 2 aromatic carbocycles. The molecule has 0 bridgehead atoms. The predicted octanol–water partition coefficient (Wildman–Crippen LogP) is 3.54. The second kappa shape index (κ2) is 11.6. The summed E-state index contributed by atoms with van der Waals surface area (Å²) >= 11 is 0. The Kier molecular flexibility index (Phi) is 8.37. The third-order valence-electron chi connectivity index (χ3n) is 6.86. The van der Waals surface area contributed by atoms with Gasteiger partial charge in [-0.15, -0.1) is 0 Å². The molecule has 178 valence electrons. The van der Waals surface area contributed by atoms with Gasteiger partial charge in [0.25, 0.3) is 0 Å². The van der Waals surface area contributed by atoms with Gasteiger partial charge in [-0.25, -0.2) is 0 Å². The van der Waals surface area contributed by atoms with E-state index in [1.54, 1.807) is 7.11 Å². The number of nitrogens with one attached hydrogen (secondary N) is 1. The van der Waals surface area contributed by atoms with Gasteiger partial charge in [0, 0.05) is 38.4 Å². The molecule has 0 aromatic heterocycles. The Morgan fingerprint density at radius 2 is 1.79 bits per heavy atom. The first-order chi connectivity index (χ1) is 16.2. The van der Waals surface area contributed by atoms with Gasteiger partial charge in [-0.3, -0.25) is 9.69 Å². The smallest absolute Gasteiger partial charge is 0.226 e. The van der Waals surface area contributed by atoms with Gasteiger partial charge >= 0.3 is 0 Å². The quantitative estimate of drug-likeness (QED) is 0.590. The first kappa shape index (κ1) is 23.7. The van der Waals surface area contributed by atoms with Crippen LogP contribution in [0.2, 0.25) is 0 Å². The van der Waals surface area contributed by atoms with Crippen molar-refractivity contribution in [3.63, 3.8) is 0 Å². The van der Waals surface area contributed by atoms with Gasteiger partial charge in [0.1, 0.15) is 5.75 Å². The Labute approximate surface area is 197 Å². The monoisotopic (exact) mass is 452 g/mol. The summed E-state index contributed by atoms with van der Waals surface area (Å²) in [6.07, 6.45) is 3.18. The molecule has 0 spiro atoms. The zero-order valence-corrected chi connectivity index (χ0v) is 19.7. The third-order valence-corrected chi connectivity index (χ3v) is 6.86. The summed E-state index contributed by atoms with van der Waals surface area (Å²) in [6, 6.07) is 16.5. The highest BCUT2D eigenvalue weighted by atomic mass is 16.5. The predicted molar refractivity (Wildman–Crippen MR) is 130 cm³/mol. The highest BCUT2D eigenvalue weighted by molar-refractivity contribution is 5.83. The van der Waals surface area contributed by atoms with E-state index in [2.05, 4.69) is 40.5 Å². The molecule has 0 aliphatic carbocycles. The normalized spacial score (nSPS) is 18.6. The van der Waals surface area contributed by atoms with Crippen LogP contribution in [-0.4, -0.2) is 70.5 Å². The van der Waals surface area contributed by atoms with Crippen LogP contribution in [0.1, 0.15) is 24.8 Å². The molecular weight excluding hydrogens is 416 g/mol. The van der Waals surface area contributed by atoms with E-state index in [4.69, 9.17) is 14.2 Å². The largest absolute Gasteiger partial charge is 0.496 e. The number of para-hydroxylation sites is 1. The topological polar surface area (TPSA) is 60.0 Å². The fourth-order valence-corrected chi connectivity index (χ4v) is 4.89. The maximum absolute atomic E-state index is 13.4. The summed E-state index contributed by atoms with van der Waals surface area (Å²) in [5.74, 6) is 1.02. The molecule has 2 heterocycles. The molecule has 2 fully saturated rings. The minimum Gasteiger partial charge on any atom is -0.496 e. The number of hydrogen-bond donors (Lipinski definition) is 1. The summed E-state index contributed by atoms with van der Waals surface area (Å²) in [4.78, 5) is 15.8. The molecule has 0 atom stereocenters. The number of methoxy groups -OCH3 is 1. The van der Waals surface area contributed by atoms with E-state index in [0.29, 0.717) is 26.2 Å². The van der Waals surface area contributed by atoms with E-state index < -0.39 is 5.41 Å². The van der Waals surface area contributed by atoms with Gasteiger partial charge in [-0.1, -0.05) is 42.5 Å². The average Bonchev–Trinajstić information content (AvgIpc) is 2.88. The lowest BCUT2D eigenvalue weighted by Gasteiger charge is -2.36. The first-order valence-corrected chi connectivity index (χ1v) is 12.1. The number of nitrogens with zero attached hydrogens (tertiary/aromatic N) is 1. The van der Waals surface area contributed by atoms with Crippen LogP contribution in [0.5, 0.6) is 5.75 Å². The van der Waals surface area contributed by atoms with Crippen molar-refractivity contribution in [2.75, 3.05) is 59.7 Å². The Hall–Kier alpha value is -2.41. The highest BCUT2D eigenvalue weighted by Crippen LogP contribution is 2.36. The van der Waals surface area contributed by atoms with Gasteiger partial charge in [0.2, 0.25) is 5.91 Å². The molecule has 2 aliphatic heterocycles. The highest BCUT2D eigenvalue weighted by Gasteiger charge is 2.40. The van der Waals surface area contributed by atoms with Crippen molar-refractivity contribution in [3.8, 4) is 16.9 Å². The molecule has 0 unspecified atom stereocenters. The van der Waals surface area contributed by atoms with Crippen LogP contribution < -0.4 is 10.1 Å². The number of morpholine rings is 1. The molecule has 4 rings (SSSR count). The average molecular weight is 453 g/mol. The number of carbonyl (C=O) groups excluding carboxylic acids is 1. The second-order valence-corrected chi connectivity index (χ2v) is 9.03. The number of amides is 1. The van der Waals surface area contributed by atoms with Gasteiger partial charge in [0.05, 0.1) is 25.7 Å². The van der Waals surface area contributed by atoms with Crippen molar-refractivity contribution in [2.24, 2.45) is 5.41 Å². The maximum Gasteiger partial charge on any atom is 0.226 e. The molecule has 2 aliphatic rings. The standard InChI is InChI=1S/C27H36N2O4/c1-31-25-9-3-2-8-24(25)23-7-4-6-22(20-23)21-27(10-16-32-17-11-27)26(30)28-12-5-13-29-14-18-33-19-15-29/h2-4,6-9,20H,5,10-19,21H2,1H3,(H,28,30). The number of carbonyl (C=O) groups is 1. The van der Waals surface area contributed by atoms with E-state index in [-0.39, 0.29) is 5.91 Å². The molecule has 0 radical (unpaired) electrons. The molecule has 33 heavy (non-hydrogen) atoms. The van der Waals surface area contributed by atoms with Crippen LogP contribution in [0.4, 0.5) is 0 Å². The van der Waals surface area contributed by atoms with E-state index >= 15 is 0 Å². The van der Waals surface area contributed by atoms with E-state index in [0.717, 1.165) is 69.0 Å². The minimum absolute atomic E-state index is 0.162. The zero-order chi connectivity index (χ0) is 22.9. The maximum atomic E-state index is 13.4. The van der Waals surface area contributed by atoms with Crippen LogP contribution >= 0.6 is 0 Å².